The molecule has 33 heavy (non-hydrogen) atoms. The second-order valence-corrected chi connectivity index (χ2v) is 7.14. The van der Waals surface area contributed by atoms with Crippen LogP contribution in [0.5, 0.6) is 17.2 Å². The summed E-state index contributed by atoms with van der Waals surface area (Å²) < 4.78 is 22.2. The van der Waals surface area contributed by atoms with Crippen molar-refractivity contribution in [3.8, 4) is 29.1 Å². The average Bonchev–Trinajstić information content (AvgIpc) is 2.79. The zero-order valence-corrected chi connectivity index (χ0v) is 19.7. The minimum atomic E-state index is -0.961. The molecule has 0 unspecified atom stereocenters. The van der Waals surface area contributed by atoms with E-state index in [1.807, 2.05) is 69.3 Å². The van der Waals surface area contributed by atoms with Crippen molar-refractivity contribution in [3.05, 3.63) is 65.2 Å². The predicted octanol–water partition coefficient (Wildman–Crippen LogP) is 4.89. The number of rotatable bonds is 12. The van der Waals surface area contributed by atoms with E-state index >= 15 is 0 Å². The van der Waals surface area contributed by atoms with Gasteiger partial charge in [0.2, 0.25) is 0 Å². The van der Waals surface area contributed by atoms with Crippen molar-refractivity contribution in [3.63, 3.8) is 0 Å². The molecule has 0 aromatic heterocycles. The van der Waals surface area contributed by atoms with Crippen molar-refractivity contribution in [2.45, 2.75) is 40.2 Å². The first-order valence-electron chi connectivity index (χ1n) is 11.1. The SMILES string of the molecule is CCOc1cc(C#C/C(C)=C/COc2ccc(C[C@H](OCC)C(=O)O)cc2)cc(OCC)c1. The van der Waals surface area contributed by atoms with Crippen LogP contribution < -0.4 is 14.2 Å². The lowest BCUT2D eigenvalue weighted by Gasteiger charge is -2.12. The van der Waals surface area contributed by atoms with Crippen LogP contribution in [0.4, 0.5) is 0 Å². The van der Waals surface area contributed by atoms with E-state index in [4.69, 9.17) is 18.9 Å². The Labute approximate surface area is 196 Å². The van der Waals surface area contributed by atoms with E-state index < -0.39 is 12.1 Å². The third-order valence-corrected chi connectivity index (χ3v) is 4.53. The summed E-state index contributed by atoms with van der Waals surface area (Å²) in [6.07, 6.45) is 1.38. The van der Waals surface area contributed by atoms with Crippen molar-refractivity contribution in [2.75, 3.05) is 26.4 Å². The number of benzene rings is 2. The van der Waals surface area contributed by atoms with E-state index in [1.54, 1.807) is 6.92 Å². The fourth-order valence-corrected chi connectivity index (χ4v) is 2.98. The lowest BCUT2D eigenvalue weighted by molar-refractivity contribution is -0.149. The van der Waals surface area contributed by atoms with Crippen molar-refractivity contribution in [2.24, 2.45) is 0 Å². The highest BCUT2D eigenvalue weighted by molar-refractivity contribution is 5.72. The molecule has 0 aliphatic carbocycles. The van der Waals surface area contributed by atoms with Gasteiger partial charge in [0.05, 0.1) is 13.2 Å². The Morgan fingerprint density at radius 3 is 2.12 bits per heavy atom. The maximum atomic E-state index is 11.2. The van der Waals surface area contributed by atoms with Gasteiger partial charge in [-0.3, -0.25) is 0 Å². The van der Waals surface area contributed by atoms with Crippen molar-refractivity contribution < 1.29 is 28.8 Å². The van der Waals surface area contributed by atoms with Gasteiger partial charge in [0.25, 0.3) is 0 Å². The van der Waals surface area contributed by atoms with E-state index in [0.29, 0.717) is 38.6 Å². The van der Waals surface area contributed by atoms with Gasteiger partial charge < -0.3 is 24.1 Å². The number of carboxylic acids is 1. The highest BCUT2D eigenvalue weighted by Gasteiger charge is 2.17. The fraction of sp³-hybridized carbons (Fsp3) is 0.370. The van der Waals surface area contributed by atoms with Crippen LogP contribution in [0.25, 0.3) is 0 Å². The Morgan fingerprint density at radius 2 is 1.58 bits per heavy atom. The number of aliphatic carboxylic acids is 1. The van der Waals surface area contributed by atoms with Crippen LogP contribution in [-0.4, -0.2) is 43.6 Å². The van der Waals surface area contributed by atoms with E-state index in [1.165, 1.54) is 0 Å². The molecule has 176 valence electrons. The highest BCUT2D eigenvalue weighted by atomic mass is 16.5. The topological polar surface area (TPSA) is 74.2 Å². The van der Waals surface area contributed by atoms with E-state index in [-0.39, 0.29) is 0 Å². The molecule has 2 rings (SSSR count). The summed E-state index contributed by atoms with van der Waals surface area (Å²) in [5.41, 5.74) is 2.58. The number of ether oxygens (including phenoxy) is 4. The van der Waals surface area contributed by atoms with Crippen LogP contribution in [0.15, 0.2) is 54.1 Å². The van der Waals surface area contributed by atoms with Gasteiger partial charge in [-0.2, -0.15) is 0 Å². The Morgan fingerprint density at radius 1 is 0.939 bits per heavy atom. The van der Waals surface area contributed by atoms with Crippen LogP contribution in [0.3, 0.4) is 0 Å². The Bertz CT molecular complexity index is 958. The van der Waals surface area contributed by atoms with Crippen LogP contribution >= 0.6 is 0 Å². The van der Waals surface area contributed by atoms with Crippen LogP contribution in [0.2, 0.25) is 0 Å². The van der Waals surface area contributed by atoms with Gasteiger partial charge in [0, 0.05) is 24.7 Å². The second kappa shape index (κ2) is 13.9. The van der Waals surface area contributed by atoms with Gasteiger partial charge in [-0.25, -0.2) is 4.79 Å². The lowest BCUT2D eigenvalue weighted by Crippen LogP contribution is -2.26. The predicted molar refractivity (Wildman–Crippen MR) is 128 cm³/mol. The maximum absolute atomic E-state index is 11.2. The van der Waals surface area contributed by atoms with E-state index in [9.17, 15) is 9.90 Å². The molecule has 6 nitrogen and oxygen atoms in total. The molecule has 0 saturated heterocycles. The number of hydrogen-bond acceptors (Lipinski definition) is 5. The fourth-order valence-electron chi connectivity index (χ4n) is 2.98. The molecule has 0 amide bonds. The van der Waals surface area contributed by atoms with Gasteiger partial charge in [-0.15, -0.1) is 0 Å². The first-order chi connectivity index (χ1) is 15.9. The molecule has 2 aromatic rings. The molecular formula is C27H32O6. The molecule has 0 aliphatic rings. The zero-order chi connectivity index (χ0) is 24.1. The van der Waals surface area contributed by atoms with Crippen LogP contribution in [0, 0.1) is 11.8 Å². The largest absolute Gasteiger partial charge is 0.494 e. The molecule has 2 aromatic carbocycles. The molecule has 0 aliphatic heterocycles. The molecule has 0 radical (unpaired) electrons. The quantitative estimate of drug-likeness (QED) is 0.462. The highest BCUT2D eigenvalue weighted by Crippen LogP contribution is 2.23. The van der Waals surface area contributed by atoms with Gasteiger partial charge in [0.15, 0.2) is 6.10 Å². The molecule has 0 saturated carbocycles. The van der Waals surface area contributed by atoms with Crippen LogP contribution in [-0.2, 0) is 16.0 Å². The Hall–Kier alpha value is -3.43. The van der Waals surface area contributed by atoms with Crippen LogP contribution in [0.1, 0.15) is 38.8 Å². The minimum absolute atomic E-state index is 0.313. The zero-order valence-electron chi connectivity index (χ0n) is 19.7. The summed E-state index contributed by atoms with van der Waals surface area (Å²) in [4.78, 5) is 11.2. The molecule has 1 atom stereocenters. The van der Waals surface area contributed by atoms with Crippen molar-refractivity contribution in [1.29, 1.82) is 0 Å². The van der Waals surface area contributed by atoms with E-state index in [2.05, 4.69) is 11.8 Å². The molecule has 0 fully saturated rings. The molecule has 0 bridgehead atoms. The molecular weight excluding hydrogens is 420 g/mol. The number of allylic oxidation sites excluding steroid dienone is 1. The van der Waals surface area contributed by atoms with Gasteiger partial charge in [-0.05, 0) is 69.2 Å². The van der Waals surface area contributed by atoms with Crippen molar-refractivity contribution in [1.82, 2.24) is 0 Å². The van der Waals surface area contributed by atoms with Gasteiger partial charge in [-0.1, -0.05) is 24.0 Å². The summed E-state index contributed by atoms with van der Waals surface area (Å²) in [6.45, 7) is 9.47. The Balaban J connectivity index is 1.95. The third kappa shape index (κ3) is 9.30. The summed E-state index contributed by atoms with van der Waals surface area (Å²) >= 11 is 0. The summed E-state index contributed by atoms with van der Waals surface area (Å²) in [5.74, 6) is 7.47. The lowest BCUT2D eigenvalue weighted by atomic mass is 10.1. The average molecular weight is 453 g/mol. The normalized spacial score (nSPS) is 11.8. The van der Waals surface area contributed by atoms with Crippen molar-refractivity contribution >= 4 is 5.97 Å². The summed E-state index contributed by atoms with van der Waals surface area (Å²) in [6, 6.07) is 13.0. The molecule has 0 heterocycles. The monoisotopic (exact) mass is 452 g/mol. The molecule has 0 spiro atoms. The van der Waals surface area contributed by atoms with Gasteiger partial charge >= 0.3 is 5.97 Å². The smallest absolute Gasteiger partial charge is 0.333 e. The maximum Gasteiger partial charge on any atom is 0.333 e. The minimum Gasteiger partial charge on any atom is -0.494 e. The first kappa shape index (κ1) is 25.8. The first-order valence-corrected chi connectivity index (χ1v) is 11.1. The number of carbonyl (C=O) groups is 1. The standard InChI is InChI=1S/C27H32O6/c1-5-30-24-16-22(17-25(19-24)31-6-2)9-8-20(4)14-15-33-23-12-10-21(11-13-23)18-26(27(28)29)32-7-3/h10-14,16-17,19,26H,5-7,15,18H2,1-4H3,(H,28,29)/b20-14+/t26-/m0/s1. The summed E-state index contributed by atoms with van der Waals surface area (Å²) in [5, 5.41) is 9.20. The van der Waals surface area contributed by atoms with Gasteiger partial charge in [0.1, 0.15) is 23.9 Å². The summed E-state index contributed by atoms with van der Waals surface area (Å²) in [7, 11) is 0. The number of carboxylic acid groups (broad SMARTS) is 1. The third-order valence-electron chi connectivity index (χ3n) is 4.53. The second-order valence-electron chi connectivity index (χ2n) is 7.14. The number of hydrogen-bond donors (Lipinski definition) is 1. The Kier molecular flexibility index (Phi) is 10.9. The van der Waals surface area contributed by atoms with E-state index in [0.717, 1.165) is 28.2 Å². The molecule has 1 N–H and O–H groups in total. The molecule has 6 heteroatoms.